The normalized spacial score (nSPS) is 10.9. The van der Waals surface area contributed by atoms with Crippen molar-refractivity contribution in [3.63, 3.8) is 0 Å². The van der Waals surface area contributed by atoms with Gasteiger partial charge in [-0.2, -0.15) is 14.6 Å². The highest BCUT2D eigenvalue weighted by molar-refractivity contribution is 5.59. The molecule has 102 valence electrons. The largest absolute Gasteiger partial charge is 0.340 e. The van der Waals surface area contributed by atoms with Gasteiger partial charge in [-0.1, -0.05) is 13.0 Å². The van der Waals surface area contributed by atoms with Gasteiger partial charge >= 0.3 is 0 Å². The first-order valence-electron chi connectivity index (χ1n) is 6.40. The molecule has 2 heterocycles. The predicted octanol–water partition coefficient (Wildman–Crippen LogP) is 2.88. The number of aryl methyl sites for hydroxylation is 2. The van der Waals surface area contributed by atoms with Crippen LogP contribution >= 0.6 is 0 Å². The minimum Gasteiger partial charge on any atom is -0.340 e. The van der Waals surface area contributed by atoms with Gasteiger partial charge in [-0.25, -0.2) is 9.37 Å². The molecule has 0 saturated heterocycles. The number of nitrogens with one attached hydrogen (secondary N) is 1. The summed E-state index contributed by atoms with van der Waals surface area (Å²) in [7, 11) is 0. The van der Waals surface area contributed by atoms with E-state index in [-0.39, 0.29) is 5.82 Å². The average Bonchev–Trinajstić information content (AvgIpc) is 2.91. The van der Waals surface area contributed by atoms with E-state index in [1.165, 1.54) is 12.4 Å². The molecular formula is C14H14FN5. The summed E-state index contributed by atoms with van der Waals surface area (Å²) >= 11 is 0. The average molecular weight is 271 g/mol. The third-order valence-electron chi connectivity index (χ3n) is 3.11. The molecule has 0 fully saturated rings. The molecule has 0 amide bonds. The van der Waals surface area contributed by atoms with E-state index >= 15 is 0 Å². The Morgan fingerprint density at radius 3 is 2.90 bits per heavy atom. The van der Waals surface area contributed by atoms with Crippen molar-refractivity contribution in [3.05, 3.63) is 47.7 Å². The van der Waals surface area contributed by atoms with E-state index in [0.717, 1.165) is 12.1 Å². The Bertz CT molecular complexity index is 765. The fourth-order valence-electron chi connectivity index (χ4n) is 1.95. The molecule has 0 bridgehead atoms. The smallest absolute Gasteiger partial charge is 0.254 e. The van der Waals surface area contributed by atoms with E-state index in [1.54, 1.807) is 17.5 Å². The number of nitrogens with zero attached hydrogens (tertiary/aromatic N) is 4. The lowest BCUT2D eigenvalue weighted by atomic mass is 10.2. The second-order valence-corrected chi connectivity index (χ2v) is 4.55. The van der Waals surface area contributed by atoms with Crippen LogP contribution in [0.5, 0.6) is 0 Å². The molecule has 3 rings (SSSR count). The van der Waals surface area contributed by atoms with Gasteiger partial charge in [0.05, 0.1) is 0 Å². The van der Waals surface area contributed by atoms with Crippen molar-refractivity contribution in [2.45, 2.75) is 20.3 Å². The maximum atomic E-state index is 13.6. The summed E-state index contributed by atoms with van der Waals surface area (Å²) in [6.07, 6.45) is 2.24. The zero-order chi connectivity index (χ0) is 14.1. The molecule has 0 radical (unpaired) electrons. The third-order valence-corrected chi connectivity index (χ3v) is 3.11. The fraction of sp³-hybridized carbons (Fsp3) is 0.214. The molecule has 0 aliphatic heterocycles. The van der Waals surface area contributed by atoms with Crippen LogP contribution in [0.25, 0.3) is 5.78 Å². The Hall–Kier alpha value is -2.50. The number of hydrogen-bond acceptors (Lipinski definition) is 4. The first-order valence-corrected chi connectivity index (χ1v) is 6.40. The van der Waals surface area contributed by atoms with Gasteiger partial charge in [0.2, 0.25) is 0 Å². The van der Waals surface area contributed by atoms with Crippen LogP contribution in [0.3, 0.4) is 0 Å². The number of aromatic nitrogens is 4. The molecule has 0 saturated carbocycles. The van der Waals surface area contributed by atoms with Crippen LogP contribution in [0.4, 0.5) is 15.9 Å². The van der Waals surface area contributed by atoms with Crippen LogP contribution < -0.4 is 5.32 Å². The summed E-state index contributed by atoms with van der Waals surface area (Å²) in [6, 6.07) is 6.91. The van der Waals surface area contributed by atoms with Crippen LogP contribution in [0.1, 0.15) is 18.2 Å². The summed E-state index contributed by atoms with van der Waals surface area (Å²) in [4.78, 5) is 8.45. The van der Waals surface area contributed by atoms with Crippen LogP contribution in [0, 0.1) is 12.7 Å². The molecule has 0 unspecified atom stereocenters. The molecule has 20 heavy (non-hydrogen) atoms. The minimum absolute atomic E-state index is 0.241. The maximum Gasteiger partial charge on any atom is 0.254 e. The molecule has 5 nitrogen and oxygen atoms in total. The lowest BCUT2D eigenvalue weighted by Gasteiger charge is -2.10. The number of halogens is 1. The number of anilines is 2. The zero-order valence-electron chi connectivity index (χ0n) is 11.3. The summed E-state index contributed by atoms with van der Waals surface area (Å²) < 4.78 is 15.2. The van der Waals surface area contributed by atoms with Gasteiger partial charge in [0.25, 0.3) is 5.78 Å². The maximum absolute atomic E-state index is 13.6. The van der Waals surface area contributed by atoms with Crippen molar-refractivity contribution in [1.29, 1.82) is 0 Å². The monoisotopic (exact) mass is 271 g/mol. The standard InChI is InChI=1S/C14H14FN5/c1-3-10-7-13(20-14(19-10)16-8-17-20)18-11-5-4-9(2)12(15)6-11/h4-8,18H,3H2,1-2H3. The van der Waals surface area contributed by atoms with Gasteiger partial charge in [0, 0.05) is 17.4 Å². The molecule has 1 aromatic carbocycles. The number of rotatable bonds is 3. The van der Waals surface area contributed by atoms with Crippen molar-refractivity contribution >= 4 is 17.3 Å². The van der Waals surface area contributed by atoms with E-state index in [2.05, 4.69) is 20.4 Å². The second-order valence-electron chi connectivity index (χ2n) is 4.55. The predicted molar refractivity (Wildman–Crippen MR) is 74.6 cm³/mol. The number of hydrogen-bond donors (Lipinski definition) is 1. The summed E-state index contributed by atoms with van der Waals surface area (Å²) in [5.41, 5.74) is 2.18. The first kappa shape index (κ1) is 12.5. The van der Waals surface area contributed by atoms with Crippen molar-refractivity contribution in [2.24, 2.45) is 0 Å². The van der Waals surface area contributed by atoms with E-state index in [4.69, 9.17) is 0 Å². The topological polar surface area (TPSA) is 55.1 Å². The molecule has 3 aromatic rings. The molecule has 6 heteroatoms. The van der Waals surface area contributed by atoms with Gasteiger partial charge in [-0.05, 0) is 31.0 Å². The van der Waals surface area contributed by atoms with Crippen LogP contribution in [-0.2, 0) is 6.42 Å². The van der Waals surface area contributed by atoms with E-state index in [9.17, 15) is 4.39 Å². The van der Waals surface area contributed by atoms with Crippen molar-refractivity contribution in [3.8, 4) is 0 Å². The fourth-order valence-corrected chi connectivity index (χ4v) is 1.95. The summed E-state index contributed by atoms with van der Waals surface area (Å²) in [5, 5.41) is 7.27. The van der Waals surface area contributed by atoms with E-state index < -0.39 is 0 Å². The highest BCUT2D eigenvalue weighted by Gasteiger charge is 2.08. The summed E-state index contributed by atoms with van der Waals surface area (Å²) in [5.74, 6) is 1.00. The quantitative estimate of drug-likeness (QED) is 0.795. The van der Waals surface area contributed by atoms with Crippen molar-refractivity contribution in [2.75, 3.05) is 5.32 Å². The molecule has 0 aliphatic carbocycles. The Morgan fingerprint density at radius 1 is 1.30 bits per heavy atom. The van der Waals surface area contributed by atoms with Crippen LogP contribution in [0.2, 0.25) is 0 Å². The lowest BCUT2D eigenvalue weighted by Crippen LogP contribution is -2.04. The highest BCUT2D eigenvalue weighted by Crippen LogP contribution is 2.20. The van der Waals surface area contributed by atoms with Gasteiger partial charge in [-0.3, -0.25) is 0 Å². The third kappa shape index (κ3) is 2.20. The zero-order valence-corrected chi connectivity index (χ0v) is 11.3. The first-order chi connectivity index (χ1) is 9.67. The van der Waals surface area contributed by atoms with Gasteiger partial charge in [-0.15, -0.1) is 0 Å². The Kier molecular flexibility index (Phi) is 3.06. The molecule has 0 aliphatic rings. The molecule has 0 atom stereocenters. The van der Waals surface area contributed by atoms with E-state index in [0.29, 0.717) is 22.8 Å². The lowest BCUT2D eigenvalue weighted by molar-refractivity contribution is 0.619. The number of fused-ring (bicyclic) bond motifs is 1. The second kappa shape index (κ2) is 4.88. The van der Waals surface area contributed by atoms with Gasteiger partial charge in [0.15, 0.2) is 0 Å². The van der Waals surface area contributed by atoms with Crippen molar-refractivity contribution < 1.29 is 4.39 Å². The molecular weight excluding hydrogens is 257 g/mol. The molecule has 0 spiro atoms. The van der Waals surface area contributed by atoms with Gasteiger partial charge < -0.3 is 5.32 Å². The number of benzene rings is 1. The Labute approximate surface area is 115 Å². The van der Waals surface area contributed by atoms with Crippen molar-refractivity contribution in [1.82, 2.24) is 19.6 Å². The molecule has 1 N–H and O–H groups in total. The van der Waals surface area contributed by atoms with Crippen LogP contribution in [0.15, 0.2) is 30.6 Å². The highest BCUT2D eigenvalue weighted by atomic mass is 19.1. The Balaban J connectivity index is 2.04. The van der Waals surface area contributed by atoms with E-state index in [1.807, 2.05) is 19.1 Å². The molecule has 2 aromatic heterocycles. The summed E-state index contributed by atoms with van der Waals surface area (Å²) in [6.45, 7) is 3.75. The van der Waals surface area contributed by atoms with Gasteiger partial charge in [0.1, 0.15) is 18.0 Å². The SMILES string of the molecule is CCc1cc(Nc2ccc(C)c(F)c2)n2ncnc2n1. The van der Waals surface area contributed by atoms with Crippen LogP contribution in [-0.4, -0.2) is 19.6 Å². The minimum atomic E-state index is -0.241. The Morgan fingerprint density at radius 2 is 2.15 bits per heavy atom.